The Bertz CT molecular complexity index is 1210. The third kappa shape index (κ3) is 4.55. The van der Waals surface area contributed by atoms with Crippen LogP contribution in [0.15, 0.2) is 48.0 Å². The lowest BCUT2D eigenvalue weighted by molar-refractivity contribution is -0.122. The molecule has 0 spiro atoms. The van der Waals surface area contributed by atoms with E-state index in [0.29, 0.717) is 30.0 Å². The molecule has 1 atom stereocenters. The van der Waals surface area contributed by atoms with Gasteiger partial charge in [0.1, 0.15) is 11.3 Å². The molecule has 1 N–H and O–H groups in total. The average Bonchev–Trinajstić information content (AvgIpc) is 2.76. The molecular formula is C28H33N3O4. The van der Waals surface area contributed by atoms with Gasteiger partial charge in [-0.05, 0) is 88.4 Å². The molecule has 2 heterocycles. The summed E-state index contributed by atoms with van der Waals surface area (Å²) in [5.41, 5.74) is 3.39. The molecule has 0 aliphatic carbocycles. The zero-order valence-corrected chi connectivity index (χ0v) is 21.2. The smallest absolute Gasteiger partial charge is 0.335 e. The molecule has 4 rings (SSSR count). The number of fused-ring (bicyclic) bond motifs is 1. The van der Waals surface area contributed by atoms with E-state index in [4.69, 9.17) is 4.74 Å². The van der Waals surface area contributed by atoms with E-state index in [2.05, 4.69) is 57.0 Å². The first kappa shape index (κ1) is 24.5. The molecule has 2 aliphatic heterocycles. The van der Waals surface area contributed by atoms with Gasteiger partial charge in [-0.3, -0.25) is 14.9 Å². The third-order valence-electron chi connectivity index (χ3n) is 6.62. The summed E-state index contributed by atoms with van der Waals surface area (Å²) in [4.78, 5) is 42.0. The van der Waals surface area contributed by atoms with Crippen LogP contribution in [0, 0.1) is 0 Å². The molecule has 0 bridgehead atoms. The van der Waals surface area contributed by atoms with Gasteiger partial charge in [-0.25, -0.2) is 9.69 Å². The molecule has 0 unspecified atom stereocenters. The quantitative estimate of drug-likeness (QED) is 0.472. The number of nitrogens with zero attached hydrogens (tertiary/aromatic N) is 2. The number of benzene rings is 2. The number of carbonyl (C=O) groups excluding carboxylic acids is 3. The molecule has 2 aromatic carbocycles. The van der Waals surface area contributed by atoms with Crippen LogP contribution in [0.25, 0.3) is 6.08 Å². The molecule has 184 valence electrons. The Labute approximate surface area is 206 Å². The Balaban J connectivity index is 1.72. The second kappa shape index (κ2) is 9.21. The van der Waals surface area contributed by atoms with Crippen LogP contribution in [0.4, 0.5) is 16.2 Å². The molecule has 7 heteroatoms. The second-order valence-corrected chi connectivity index (χ2v) is 10.1. The van der Waals surface area contributed by atoms with Crippen molar-refractivity contribution in [2.45, 2.75) is 65.5 Å². The van der Waals surface area contributed by atoms with Crippen LogP contribution in [-0.4, -0.2) is 36.0 Å². The zero-order chi connectivity index (χ0) is 25.5. The van der Waals surface area contributed by atoms with Crippen molar-refractivity contribution >= 4 is 35.3 Å². The van der Waals surface area contributed by atoms with E-state index in [1.54, 1.807) is 30.3 Å². The van der Waals surface area contributed by atoms with Gasteiger partial charge in [0.05, 0.1) is 12.3 Å². The Morgan fingerprint density at radius 1 is 1.14 bits per heavy atom. The first-order valence-corrected chi connectivity index (χ1v) is 12.1. The van der Waals surface area contributed by atoms with Crippen LogP contribution >= 0.6 is 0 Å². The first-order chi connectivity index (χ1) is 16.5. The summed E-state index contributed by atoms with van der Waals surface area (Å²) in [6.45, 7) is 13.4. The van der Waals surface area contributed by atoms with Crippen molar-refractivity contribution in [1.82, 2.24) is 5.32 Å². The topological polar surface area (TPSA) is 79.0 Å². The molecule has 0 radical (unpaired) electrons. The Hall–Kier alpha value is -3.61. The van der Waals surface area contributed by atoms with E-state index in [0.717, 1.165) is 16.9 Å². The van der Waals surface area contributed by atoms with Crippen molar-refractivity contribution < 1.29 is 19.1 Å². The van der Waals surface area contributed by atoms with Crippen molar-refractivity contribution in [1.29, 1.82) is 0 Å². The maximum atomic E-state index is 13.3. The van der Waals surface area contributed by atoms with Crippen LogP contribution in [0.2, 0.25) is 0 Å². The fourth-order valence-corrected chi connectivity index (χ4v) is 5.48. The lowest BCUT2D eigenvalue weighted by Crippen LogP contribution is -2.54. The van der Waals surface area contributed by atoms with Gasteiger partial charge in [0.25, 0.3) is 11.8 Å². The maximum absolute atomic E-state index is 13.3. The van der Waals surface area contributed by atoms with Crippen LogP contribution in [0.5, 0.6) is 5.75 Å². The van der Waals surface area contributed by atoms with E-state index in [1.165, 1.54) is 11.3 Å². The van der Waals surface area contributed by atoms with Gasteiger partial charge in [-0.15, -0.1) is 0 Å². The molecule has 0 aromatic heterocycles. The third-order valence-corrected chi connectivity index (χ3v) is 6.62. The highest BCUT2D eigenvalue weighted by Gasteiger charge is 2.39. The van der Waals surface area contributed by atoms with Gasteiger partial charge in [0.15, 0.2) is 0 Å². The van der Waals surface area contributed by atoms with Crippen molar-refractivity contribution in [2.24, 2.45) is 0 Å². The van der Waals surface area contributed by atoms with Gasteiger partial charge >= 0.3 is 6.03 Å². The highest BCUT2D eigenvalue weighted by atomic mass is 16.5. The predicted octanol–water partition coefficient (Wildman–Crippen LogP) is 5.25. The minimum Gasteiger partial charge on any atom is -0.494 e. The summed E-state index contributed by atoms with van der Waals surface area (Å²) in [7, 11) is 0. The van der Waals surface area contributed by atoms with Gasteiger partial charge in [-0.1, -0.05) is 19.1 Å². The molecule has 7 nitrogen and oxygen atoms in total. The van der Waals surface area contributed by atoms with E-state index >= 15 is 0 Å². The summed E-state index contributed by atoms with van der Waals surface area (Å²) in [6.07, 6.45) is 2.56. The van der Waals surface area contributed by atoms with Crippen LogP contribution in [0.3, 0.4) is 0 Å². The standard InChI is InChI=1S/C28H33N3O4/c1-7-35-21-10-8-9-20(15-21)30-26(33)23(25(32)29-27(30)34)14-19-11-12-24-22(13-19)18(4)16-28(5,6)31(24)17(2)3/h8-15,17-18H,7,16H2,1-6H3,(H,29,32,34)/b23-14+/t18-/m1/s1. The summed E-state index contributed by atoms with van der Waals surface area (Å²) < 4.78 is 5.50. The second-order valence-electron chi connectivity index (χ2n) is 10.1. The summed E-state index contributed by atoms with van der Waals surface area (Å²) in [5.74, 6) is -0.506. The lowest BCUT2D eigenvalue weighted by Gasteiger charge is -2.50. The van der Waals surface area contributed by atoms with E-state index in [1.807, 2.05) is 13.0 Å². The fraction of sp³-hybridized carbons (Fsp3) is 0.393. The Kier molecular flexibility index (Phi) is 6.45. The average molecular weight is 476 g/mol. The number of ether oxygens (including phenoxy) is 1. The SMILES string of the molecule is CCOc1cccc(N2C(=O)NC(=O)/C(=C\c3ccc4c(c3)[C@H](C)CC(C)(C)N4C(C)C)C2=O)c1. The monoisotopic (exact) mass is 475 g/mol. The number of hydrogen-bond donors (Lipinski definition) is 1. The first-order valence-electron chi connectivity index (χ1n) is 12.1. The van der Waals surface area contributed by atoms with Gasteiger partial charge in [0.2, 0.25) is 0 Å². The van der Waals surface area contributed by atoms with Crippen LogP contribution < -0.4 is 19.9 Å². The minimum atomic E-state index is -0.778. The zero-order valence-electron chi connectivity index (χ0n) is 21.2. The number of hydrogen-bond acceptors (Lipinski definition) is 5. The van der Waals surface area contributed by atoms with Crippen molar-refractivity contribution in [2.75, 3.05) is 16.4 Å². The van der Waals surface area contributed by atoms with Gasteiger partial charge in [-0.2, -0.15) is 0 Å². The number of anilines is 2. The molecule has 2 aromatic rings. The van der Waals surface area contributed by atoms with E-state index < -0.39 is 17.8 Å². The molecule has 1 saturated heterocycles. The summed E-state index contributed by atoms with van der Waals surface area (Å²) in [6, 6.07) is 12.3. The number of amides is 4. The number of carbonyl (C=O) groups is 3. The summed E-state index contributed by atoms with van der Waals surface area (Å²) in [5, 5.41) is 2.29. The molecule has 1 fully saturated rings. The number of barbiturate groups is 1. The highest BCUT2D eigenvalue weighted by Crippen LogP contribution is 2.44. The van der Waals surface area contributed by atoms with Crippen LogP contribution in [-0.2, 0) is 9.59 Å². The molecule has 35 heavy (non-hydrogen) atoms. The van der Waals surface area contributed by atoms with E-state index in [-0.39, 0.29) is 11.1 Å². The van der Waals surface area contributed by atoms with Crippen molar-refractivity contribution in [3.05, 3.63) is 59.2 Å². The Morgan fingerprint density at radius 2 is 1.89 bits per heavy atom. The van der Waals surface area contributed by atoms with Crippen LogP contribution in [0.1, 0.15) is 65.0 Å². The fourth-order valence-electron chi connectivity index (χ4n) is 5.48. The van der Waals surface area contributed by atoms with Gasteiger partial charge in [0, 0.05) is 23.3 Å². The molecule has 2 aliphatic rings. The maximum Gasteiger partial charge on any atom is 0.335 e. The lowest BCUT2D eigenvalue weighted by atomic mass is 9.78. The normalized spacial score (nSPS) is 20.8. The number of imide groups is 2. The van der Waals surface area contributed by atoms with Gasteiger partial charge < -0.3 is 9.64 Å². The van der Waals surface area contributed by atoms with Crippen molar-refractivity contribution in [3.8, 4) is 5.75 Å². The van der Waals surface area contributed by atoms with Crippen molar-refractivity contribution in [3.63, 3.8) is 0 Å². The minimum absolute atomic E-state index is 0.0245. The molecule has 0 saturated carbocycles. The molecule has 4 amide bonds. The summed E-state index contributed by atoms with van der Waals surface area (Å²) >= 11 is 0. The molecular weight excluding hydrogens is 442 g/mol. The Morgan fingerprint density at radius 3 is 2.57 bits per heavy atom. The highest BCUT2D eigenvalue weighted by molar-refractivity contribution is 6.39. The predicted molar refractivity (Wildman–Crippen MR) is 138 cm³/mol. The number of rotatable bonds is 5. The number of nitrogens with one attached hydrogen (secondary N) is 1. The largest absolute Gasteiger partial charge is 0.494 e. The van der Waals surface area contributed by atoms with E-state index in [9.17, 15) is 14.4 Å². The number of urea groups is 1.